The van der Waals surface area contributed by atoms with E-state index in [4.69, 9.17) is 21.1 Å². The monoisotopic (exact) mass is 351 g/mol. The molecule has 0 aliphatic heterocycles. The van der Waals surface area contributed by atoms with Crippen molar-refractivity contribution in [2.75, 3.05) is 6.61 Å². The van der Waals surface area contributed by atoms with Gasteiger partial charge in [-0.2, -0.15) is 0 Å². The molecule has 0 bridgehead atoms. The second-order valence-corrected chi connectivity index (χ2v) is 5.63. The maximum absolute atomic E-state index is 12.5. The first kappa shape index (κ1) is 18.0. The van der Waals surface area contributed by atoms with Gasteiger partial charge in [-0.15, -0.1) is 0 Å². The molecule has 7 heteroatoms. The minimum absolute atomic E-state index is 0.132. The Bertz CT molecular complexity index is 757. The molecule has 0 amide bonds. The van der Waals surface area contributed by atoms with E-state index in [0.717, 1.165) is 5.52 Å². The molecule has 0 saturated carbocycles. The normalized spacial score (nSPS) is 12.0. The SMILES string of the molecule is CCOC(=O)CC(OC(=O)c1c(Cl)c2ccccc2n1C)C(C)=O. The predicted molar refractivity (Wildman–Crippen MR) is 89.1 cm³/mol. The lowest BCUT2D eigenvalue weighted by Gasteiger charge is -2.15. The van der Waals surface area contributed by atoms with E-state index in [9.17, 15) is 14.4 Å². The molecule has 1 heterocycles. The molecule has 0 spiro atoms. The second kappa shape index (κ2) is 7.49. The van der Waals surface area contributed by atoms with Gasteiger partial charge in [-0.3, -0.25) is 9.59 Å². The van der Waals surface area contributed by atoms with Gasteiger partial charge in [-0.25, -0.2) is 4.79 Å². The number of fused-ring (bicyclic) bond motifs is 1. The minimum atomic E-state index is -1.20. The molecule has 0 aliphatic rings. The predicted octanol–water partition coefficient (Wildman–Crippen LogP) is 2.90. The Balaban J connectivity index is 2.28. The highest BCUT2D eigenvalue weighted by Crippen LogP contribution is 2.30. The number of hydrogen-bond donors (Lipinski definition) is 0. The summed E-state index contributed by atoms with van der Waals surface area (Å²) in [6.07, 6.45) is -1.53. The summed E-state index contributed by atoms with van der Waals surface area (Å²) in [7, 11) is 1.68. The smallest absolute Gasteiger partial charge is 0.357 e. The lowest BCUT2D eigenvalue weighted by Crippen LogP contribution is -2.29. The van der Waals surface area contributed by atoms with Crippen LogP contribution in [0, 0.1) is 0 Å². The molecular weight excluding hydrogens is 334 g/mol. The van der Waals surface area contributed by atoms with Crippen LogP contribution in [-0.4, -0.2) is 35.0 Å². The Morgan fingerprint density at radius 2 is 1.92 bits per heavy atom. The minimum Gasteiger partial charge on any atom is -0.466 e. The number of aromatic nitrogens is 1. The summed E-state index contributed by atoms with van der Waals surface area (Å²) in [5.74, 6) is -1.80. The third kappa shape index (κ3) is 3.59. The van der Waals surface area contributed by atoms with Crippen molar-refractivity contribution in [1.29, 1.82) is 0 Å². The van der Waals surface area contributed by atoms with Gasteiger partial charge in [0.05, 0.1) is 18.1 Å². The number of ether oxygens (including phenoxy) is 2. The summed E-state index contributed by atoms with van der Waals surface area (Å²) >= 11 is 6.28. The maximum Gasteiger partial charge on any atom is 0.357 e. The Hall–Kier alpha value is -2.34. The fourth-order valence-electron chi connectivity index (χ4n) is 2.40. The number of ketones is 1. The van der Waals surface area contributed by atoms with E-state index in [1.165, 1.54) is 6.92 Å². The number of para-hydroxylation sites is 1. The first-order chi connectivity index (χ1) is 11.4. The summed E-state index contributed by atoms with van der Waals surface area (Å²) in [6, 6.07) is 7.24. The average molecular weight is 352 g/mol. The summed E-state index contributed by atoms with van der Waals surface area (Å²) in [5.41, 5.74) is 0.896. The number of carbonyl (C=O) groups excluding carboxylic acids is 3. The van der Waals surface area contributed by atoms with E-state index in [-0.39, 0.29) is 23.7 Å². The molecule has 1 unspecified atom stereocenters. The largest absolute Gasteiger partial charge is 0.466 e. The molecule has 0 fully saturated rings. The number of benzene rings is 1. The van der Waals surface area contributed by atoms with Gasteiger partial charge < -0.3 is 14.0 Å². The van der Waals surface area contributed by atoms with Gasteiger partial charge >= 0.3 is 11.9 Å². The quantitative estimate of drug-likeness (QED) is 0.748. The highest BCUT2D eigenvalue weighted by molar-refractivity contribution is 6.38. The van der Waals surface area contributed by atoms with Gasteiger partial charge in [0, 0.05) is 18.0 Å². The number of halogens is 1. The summed E-state index contributed by atoms with van der Waals surface area (Å²) in [5, 5.41) is 0.954. The third-order valence-electron chi connectivity index (χ3n) is 3.60. The van der Waals surface area contributed by atoms with Crippen molar-refractivity contribution >= 4 is 40.2 Å². The van der Waals surface area contributed by atoms with Crippen molar-refractivity contribution in [3.63, 3.8) is 0 Å². The fraction of sp³-hybridized carbons (Fsp3) is 0.353. The number of hydrogen-bond acceptors (Lipinski definition) is 5. The summed E-state index contributed by atoms with van der Waals surface area (Å²) in [6.45, 7) is 3.09. The molecule has 2 rings (SSSR count). The molecule has 1 aromatic carbocycles. The van der Waals surface area contributed by atoms with E-state index in [2.05, 4.69) is 0 Å². The molecule has 1 aromatic heterocycles. The molecule has 0 aliphatic carbocycles. The van der Waals surface area contributed by atoms with Gasteiger partial charge in [0.15, 0.2) is 11.9 Å². The van der Waals surface area contributed by atoms with Crippen LogP contribution in [0.25, 0.3) is 10.9 Å². The van der Waals surface area contributed by atoms with E-state index >= 15 is 0 Å². The van der Waals surface area contributed by atoms with Crippen molar-refractivity contribution in [2.45, 2.75) is 26.4 Å². The maximum atomic E-state index is 12.5. The first-order valence-corrected chi connectivity index (χ1v) is 7.84. The van der Waals surface area contributed by atoms with Crippen LogP contribution in [0.15, 0.2) is 24.3 Å². The van der Waals surface area contributed by atoms with Crippen LogP contribution in [0.1, 0.15) is 30.8 Å². The van der Waals surface area contributed by atoms with Crippen molar-refractivity contribution in [1.82, 2.24) is 4.57 Å². The van der Waals surface area contributed by atoms with Crippen LogP contribution in [0.4, 0.5) is 0 Å². The highest BCUT2D eigenvalue weighted by Gasteiger charge is 2.28. The van der Waals surface area contributed by atoms with Gasteiger partial charge in [-0.05, 0) is 19.9 Å². The van der Waals surface area contributed by atoms with Crippen molar-refractivity contribution in [2.24, 2.45) is 7.05 Å². The number of esters is 2. The number of rotatable bonds is 6. The fourth-order valence-corrected chi connectivity index (χ4v) is 2.76. The van der Waals surface area contributed by atoms with Crippen LogP contribution in [0.3, 0.4) is 0 Å². The lowest BCUT2D eigenvalue weighted by molar-refractivity contribution is -0.148. The number of carbonyl (C=O) groups is 3. The van der Waals surface area contributed by atoms with E-state index < -0.39 is 23.8 Å². The van der Waals surface area contributed by atoms with E-state index in [1.54, 1.807) is 24.6 Å². The Kier molecular flexibility index (Phi) is 5.62. The van der Waals surface area contributed by atoms with Gasteiger partial charge in [0.2, 0.25) is 0 Å². The van der Waals surface area contributed by atoms with Crippen LogP contribution in [0.5, 0.6) is 0 Å². The van der Waals surface area contributed by atoms with Crippen molar-refractivity contribution in [3.05, 3.63) is 35.0 Å². The molecule has 2 aromatic rings. The second-order valence-electron chi connectivity index (χ2n) is 5.25. The molecule has 128 valence electrons. The van der Waals surface area contributed by atoms with Gasteiger partial charge in [0.1, 0.15) is 5.69 Å². The highest BCUT2D eigenvalue weighted by atomic mass is 35.5. The van der Waals surface area contributed by atoms with Gasteiger partial charge in [0.25, 0.3) is 0 Å². The summed E-state index contributed by atoms with van der Waals surface area (Å²) in [4.78, 5) is 35.7. The van der Waals surface area contributed by atoms with E-state index in [1.807, 2.05) is 18.2 Å². The Labute approximate surface area is 144 Å². The van der Waals surface area contributed by atoms with Crippen molar-refractivity contribution in [3.8, 4) is 0 Å². The number of nitrogens with zero attached hydrogens (tertiary/aromatic N) is 1. The Morgan fingerprint density at radius 1 is 1.25 bits per heavy atom. The molecule has 24 heavy (non-hydrogen) atoms. The molecule has 1 atom stereocenters. The molecule has 0 radical (unpaired) electrons. The molecule has 0 saturated heterocycles. The number of aryl methyl sites for hydroxylation is 1. The van der Waals surface area contributed by atoms with Crippen LogP contribution in [-0.2, 0) is 26.1 Å². The van der Waals surface area contributed by atoms with E-state index in [0.29, 0.717) is 5.39 Å². The van der Waals surface area contributed by atoms with Gasteiger partial charge in [-0.1, -0.05) is 29.8 Å². The van der Waals surface area contributed by atoms with Crippen LogP contribution >= 0.6 is 11.6 Å². The molecular formula is C17H18ClNO5. The van der Waals surface area contributed by atoms with Crippen LogP contribution in [0.2, 0.25) is 5.02 Å². The number of Topliss-reactive ketones (excluding diaryl/α,β-unsaturated/α-hetero) is 1. The molecule has 0 N–H and O–H groups in total. The zero-order valence-corrected chi connectivity index (χ0v) is 14.4. The Morgan fingerprint density at radius 3 is 2.50 bits per heavy atom. The van der Waals surface area contributed by atoms with Crippen molar-refractivity contribution < 1.29 is 23.9 Å². The van der Waals surface area contributed by atoms with Crippen LogP contribution < -0.4 is 0 Å². The zero-order chi connectivity index (χ0) is 17.9. The average Bonchev–Trinajstić information content (AvgIpc) is 2.79. The standard InChI is InChI=1S/C17H18ClNO5/c1-4-23-14(21)9-13(10(2)20)24-17(22)16-15(18)11-7-5-6-8-12(11)19(16)3/h5-8,13H,4,9H2,1-3H3. The topological polar surface area (TPSA) is 74.6 Å². The lowest BCUT2D eigenvalue weighted by atomic mass is 10.2. The zero-order valence-electron chi connectivity index (χ0n) is 13.7. The molecule has 6 nitrogen and oxygen atoms in total. The third-order valence-corrected chi connectivity index (χ3v) is 3.98. The first-order valence-electron chi connectivity index (χ1n) is 7.46. The summed E-state index contributed by atoms with van der Waals surface area (Å²) < 4.78 is 11.6.